The van der Waals surface area contributed by atoms with Crippen LogP contribution in [0.4, 0.5) is 5.69 Å². The molecule has 0 saturated heterocycles. The minimum Gasteiger partial charge on any atom is -0.483 e. The molecule has 0 radical (unpaired) electrons. The Labute approximate surface area is 167 Å². The minimum atomic E-state index is -1.78. The molecule has 28 heavy (non-hydrogen) atoms. The topological polar surface area (TPSA) is 74.5 Å². The van der Waals surface area contributed by atoms with Crippen molar-refractivity contribution >= 4 is 24.9 Å². The fourth-order valence-corrected chi connectivity index (χ4v) is 4.79. The molecule has 152 valence electrons. The third-order valence-corrected chi connectivity index (χ3v) is 10.6. The molecule has 0 unspecified atom stereocenters. The van der Waals surface area contributed by atoms with E-state index < -0.39 is 8.32 Å². The Kier molecular flexibility index (Phi) is 5.77. The number of aromatic nitrogens is 1. The lowest BCUT2D eigenvalue weighted by Gasteiger charge is -2.41. The predicted octanol–water partition coefficient (Wildman–Crippen LogP) is 5.85. The van der Waals surface area contributed by atoms with Gasteiger partial charge in [0.1, 0.15) is 0 Å². The van der Waals surface area contributed by atoms with E-state index in [1.807, 2.05) is 6.07 Å². The van der Waals surface area contributed by atoms with Crippen LogP contribution in [0.15, 0.2) is 30.5 Å². The van der Waals surface area contributed by atoms with Crippen LogP contribution in [0, 0.1) is 10.1 Å². The lowest BCUT2D eigenvalue weighted by Crippen LogP contribution is -2.45. The maximum absolute atomic E-state index is 11.5. The van der Waals surface area contributed by atoms with Crippen LogP contribution in [0.3, 0.4) is 0 Å². The molecule has 0 spiro atoms. The quantitative estimate of drug-likeness (QED) is 0.356. The molecule has 1 aromatic heterocycles. The number of pyridine rings is 1. The van der Waals surface area contributed by atoms with E-state index in [4.69, 9.17) is 9.16 Å². The molecule has 0 amide bonds. The summed E-state index contributed by atoms with van der Waals surface area (Å²) in [6.45, 7) is 11.3. The van der Waals surface area contributed by atoms with E-state index in [9.17, 15) is 10.1 Å². The predicted molar refractivity (Wildman–Crippen MR) is 113 cm³/mol. The van der Waals surface area contributed by atoms with E-state index >= 15 is 0 Å². The average molecular weight is 403 g/mol. The first kappa shape index (κ1) is 20.7. The largest absolute Gasteiger partial charge is 0.483 e. The van der Waals surface area contributed by atoms with Gasteiger partial charge in [-0.25, -0.2) is 0 Å². The lowest BCUT2D eigenvalue weighted by atomic mass is 9.95. The molecular formula is C21H30N2O4Si. The van der Waals surface area contributed by atoms with Gasteiger partial charge < -0.3 is 9.16 Å². The molecule has 0 aliphatic heterocycles. The van der Waals surface area contributed by atoms with Crippen LogP contribution in [0.2, 0.25) is 18.1 Å². The van der Waals surface area contributed by atoms with Crippen molar-refractivity contribution in [2.75, 3.05) is 0 Å². The number of hydrogen-bond donors (Lipinski definition) is 0. The first-order chi connectivity index (χ1) is 13.1. The highest BCUT2D eigenvalue weighted by Crippen LogP contribution is 2.40. The Morgan fingerprint density at radius 1 is 1.14 bits per heavy atom. The van der Waals surface area contributed by atoms with Crippen molar-refractivity contribution in [1.82, 2.24) is 4.98 Å². The van der Waals surface area contributed by atoms with Gasteiger partial charge in [-0.2, -0.15) is 0 Å². The second-order valence-electron chi connectivity index (χ2n) is 9.17. The van der Waals surface area contributed by atoms with Crippen LogP contribution in [0.1, 0.15) is 46.5 Å². The summed E-state index contributed by atoms with van der Waals surface area (Å²) in [4.78, 5) is 15.4. The monoisotopic (exact) mass is 402 g/mol. The van der Waals surface area contributed by atoms with E-state index in [0.29, 0.717) is 11.3 Å². The average Bonchev–Trinajstić information content (AvgIpc) is 2.61. The summed E-state index contributed by atoms with van der Waals surface area (Å²) in [6.07, 6.45) is 5.45. The first-order valence-corrected chi connectivity index (χ1v) is 12.9. The number of hydrogen-bond acceptors (Lipinski definition) is 5. The number of rotatable bonds is 5. The smallest absolute Gasteiger partial charge is 0.311 e. The number of nitrogens with zero attached hydrogens (tertiary/aromatic N) is 2. The van der Waals surface area contributed by atoms with Gasteiger partial charge in [0.25, 0.3) is 0 Å². The first-order valence-electron chi connectivity index (χ1n) is 9.94. The van der Waals surface area contributed by atoms with Crippen molar-refractivity contribution in [3.63, 3.8) is 0 Å². The second-order valence-corrected chi connectivity index (χ2v) is 13.9. The number of benzene rings is 1. The van der Waals surface area contributed by atoms with E-state index in [1.54, 1.807) is 24.4 Å². The van der Waals surface area contributed by atoms with Crippen molar-refractivity contribution < 1.29 is 14.1 Å². The van der Waals surface area contributed by atoms with Gasteiger partial charge in [-0.1, -0.05) is 26.8 Å². The summed E-state index contributed by atoms with van der Waals surface area (Å²) in [5.41, 5.74) is 0.707. The molecule has 1 fully saturated rings. The summed E-state index contributed by atoms with van der Waals surface area (Å²) < 4.78 is 12.6. The zero-order valence-electron chi connectivity index (χ0n) is 17.4. The van der Waals surface area contributed by atoms with Gasteiger partial charge in [-0.15, -0.1) is 0 Å². The standard InChI is InChI=1S/C21H30N2O4Si/c1-21(2,3)28(4,5)27-17-10-8-16(9-11-17)26-20-14-18-15(7-6-12-22-18)13-19(20)23(24)25/h6-7,12-14,16-17H,8-11H2,1-5H3. The zero-order valence-corrected chi connectivity index (χ0v) is 18.4. The van der Waals surface area contributed by atoms with Gasteiger partial charge in [0, 0.05) is 29.8 Å². The summed E-state index contributed by atoms with van der Waals surface area (Å²) >= 11 is 0. The Hall–Kier alpha value is -1.99. The highest BCUT2D eigenvalue weighted by atomic mass is 28.4. The Bertz CT molecular complexity index is 855. The number of fused-ring (bicyclic) bond motifs is 1. The van der Waals surface area contributed by atoms with Crippen LogP contribution < -0.4 is 4.74 Å². The van der Waals surface area contributed by atoms with Crippen LogP contribution >= 0.6 is 0 Å². The molecule has 2 aromatic rings. The number of ether oxygens (including phenoxy) is 1. The molecule has 3 rings (SSSR count). The van der Waals surface area contributed by atoms with E-state index in [1.165, 1.54) is 0 Å². The van der Waals surface area contributed by atoms with Gasteiger partial charge >= 0.3 is 5.69 Å². The third kappa shape index (κ3) is 4.52. The van der Waals surface area contributed by atoms with Crippen molar-refractivity contribution in [1.29, 1.82) is 0 Å². The zero-order chi connectivity index (χ0) is 20.5. The van der Waals surface area contributed by atoms with Crippen LogP contribution in [0.25, 0.3) is 10.9 Å². The van der Waals surface area contributed by atoms with Crippen molar-refractivity contribution in [3.05, 3.63) is 40.6 Å². The SMILES string of the molecule is CC(C)(C)[Si](C)(C)OC1CCC(Oc2cc3ncccc3cc2[N+](=O)[O-])CC1. The van der Waals surface area contributed by atoms with Crippen molar-refractivity contribution in [2.45, 2.75) is 76.8 Å². The summed E-state index contributed by atoms with van der Waals surface area (Å²) in [6, 6.07) is 6.83. The maximum Gasteiger partial charge on any atom is 0.311 e. The number of nitro benzene ring substituents is 1. The summed E-state index contributed by atoms with van der Waals surface area (Å²) in [5.74, 6) is 0.310. The van der Waals surface area contributed by atoms with Crippen LogP contribution in [0.5, 0.6) is 5.75 Å². The molecule has 1 aromatic carbocycles. The van der Waals surface area contributed by atoms with Crippen LogP contribution in [-0.4, -0.2) is 30.4 Å². The molecule has 7 heteroatoms. The van der Waals surface area contributed by atoms with Crippen molar-refractivity contribution in [3.8, 4) is 5.75 Å². The molecule has 0 bridgehead atoms. The molecule has 1 aliphatic rings. The summed E-state index contributed by atoms with van der Waals surface area (Å²) in [5, 5.41) is 12.4. The van der Waals surface area contributed by atoms with Gasteiger partial charge in [0.05, 0.1) is 16.5 Å². The fourth-order valence-electron chi connectivity index (χ4n) is 3.37. The molecular weight excluding hydrogens is 372 g/mol. The van der Waals surface area contributed by atoms with Gasteiger partial charge in [0.15, 0.2) is 14.1 Å². The van der Waals surface area contributed by atoms with Crippen LogP contribution in [-0.2, 0) is 4.43 Å². The van der Waals surface area contributed by atoms with E-state index in [2.05, 4.69) is 38.8 Å². The molecule has 1 saturated carbocycles. The third-order valence-electron chi connectivity index (χ3n) is 6.06. The van der Waals surface area contributed by atoms with Gasteiger partial charge in [-0.05, 0) is 49.9 Å². The normalized spacial score (nSPS) is 20.9. The molecule has 6 nitrogen and oxygen atoms in total. The number of nitro groups is 1. The van der Waals surface area contributed by atoms with E-state index in [-0.39, 0.29) is 27.9 Å². The molecule has 0 N–H and O–H groups in total. The molecule has 1 aliphatic carbocycles. The fraction of sp³-hybridized carbons (Fsp3) is 0.571. The second kappa shape index (κ2) is 7.79. The minimum absolute atomic E-state index is 0.000136. The highest BCUT2D eigenvalue weighted by Gasteiger charge is 2.40. The van der Waals surface area contributed by atoms with Crippen molar-refractivity contribution in [2.24, 2.45) is 0 Å². The highest BCUT2D eigenvalue weighted by molar-refractivity contribution is 6.74. The molecule has 0 atom stereocenters. The molecule has 1 heterocycles. The lowest BCUT2D eigenvalue weighted by molar-refractivity contribution is -0.386. The summed E-state index contributed by atoms with van der Waals surface area (Å²) in [7, 11) is -1.78. The van der Waals surface area contributed by atoms with E-state index in [0.717, 1.165) is 31.1 Å². The maximum atomic E-state index is 11.5. The Morgan fingerprint density at radius 2 is 1.79 bits per heavy atom. The Morgan fingerprint density at radius 3 is 2.39 bits per heavy atom. The van der Waals surface area contributed by atoms with Gasteiger partial charge in [0.2, 0.25) is 0 Å². The Balaban J connectivity index is 1.68. The van der Waals surface area contributed by atoms with Gasteiger partial charge in [-0.3, -0.25) is 15.1 Å².